The molecule has 1 heterocycles. The molecule has 3 aromatic rings. The molecule has 6 heteroatoms. The van der Waals surface area contributed by atoms with Crippen molar-refractivity contribution >= 4 is 35.5 Å². The fourth-order valence-electron chi connectivity index (χ4n) is 2.03. The average Bonchev–Trinajstić information content (AvgIpc) is 3.04. The smallest absolute Gasteiger partial charge is 0.271 e. The molecule has 1 aromatic heterocycles. The number of hydrogen-bond donors (Lipinski definition) is 1. The Bertz CT molecular complexity index is 904. The van der Waals surface area contributed by atoms with Crippen LogP contribution in [0.4, 0.5) is 0 Å². The number of nitrogens with zero attached hydrogens (tertiary/aromatic N) is 1. The van der Waals surface area contributed by atoms with Crippen LogP contribution in [0.5, 0.6) is 0 Å². The molecule has 4 nitrogen and oxygen atoms in total. The van der Waals surface area contributed by atoms with Crippen LogP contribution < -0.4 is 5.43 Å². The van der Waals surface area contributed by atoms with E-state index in [1.165, 1.54) is 23.5 Å². The number of furan rings is 1. The van der Waals surface area contributed by atoms with Crippen molar-refractivity contribution in [3.05, 3.63) is 82.6 Å². The molecule has 0 aliphatic carbocycles. The summed E-state index contributed by atoms with van der Waals surface area (Å²) in [5.74, 6) is 0.223. The second-order valence-corrected chi connectivity index (χ2v) is 6.80. The van der Waals surface area contributed by atoms with Gasteiger partial charge in [0.1, 0.15) is 5.76 Å². The van der Waals surface area contributed by atoms with Gasteiger partial charge in [-0.25, -0.2) is 5.43 Å². The van der Waals surface area contributed by atoms with Crippen molar-refractivity contribution in [1.29, 1.82) is 0 Å². The summed E-state index contributed by atoms with van der Waals surface area (Å²) in [6, 6.07) is 18.5. The molecule has 126 valence electrons. The van der Waals surface area contributed by atoms with Gasteiger partial charge in [0, 0.05) is 15.5 Å². The highest BCUT2D eigenvalue weighted by atomic mass is 35.5. The van der Waals surface area contributed by atoms with Crippen LogP contribution in [0.2, 0.25) is 5.02 Å². The zero-order chi connectivity index (χ0) is 17.6. The molecule has 0 aliphatic heterocycles. The summed E-state index contributed by atoms with van der Waals surface area (Å²) in [5.41, 5.74) is 4.10. The van der Waals surface area contributed by atoms with E-state index in [2.05, 4.69) is 22.7 Å². The number of carbonyl (C=O) groups is 1. The van der Waals surface area contributed by atoms with Crippen LogP contribution in [0.25, 0.3) is 0 Å². The Balaban J connectivity index is 1.58. The number of halogens is 1. The highest BCUT2D eigenvalue weighted by Crippen LogP contribution is 2.28. The fraction of sp³-hybridized carbons (Fsp3) is 0.0526. The zero-order valence-corrected chi connectivity index (χ0v) is 15.0. The molecule has 0 fully saturated rings. The van der Waals surface area contributed by atoms with Gasteiger partial charge in [0.05, 0.1) is 6.21 Å². The molecule has 1 N–H and O–H groups in total. The van der Waals surface area contributed by atoms with Crippen molar-refractivity contribution in [3.8, 4) is 0 Å². The molecule has 25 heavy (non-hydrogen) atoms. The molecule has 1 amide bonds. The Morgan fingerprint density at radius 1 is 1.16 bits per heavy atom. The molecule has 0 bridgehead atoms. The van der Waals surface area contributed by atoms with E-state index >= 15 is 0 Å². The first-order valence-corrected chi connectivity index (χ1v) is 8.73. The number of rotatable bonds is 5. The van der Waals surface area contributed by atoms with E-state index in [-0.39, 0.29) is 5.91 Å². The van der Waals surface area contributed by atoms with Gasteiger partial charge in [-0.05, 0) is 49.4 Å². The molecular formula is C19H15ClN2O2S. The minimum absolute atomic E-state index is 0.334. The number of hydrogen-bond acceptors (Lipinski definition) is 4. The van der Waals surface area contributed by atoms with Crippen LogP contribution in [-0.4, -0.2) is 12.1 Å². The van der Waals surface area contributed by atoms with Crippen LogP contribution in [0.15, 0.2) is 80.2 Å². The molecular weight excluding hydrogens is 356 g/mol. The monoisotopic (exact) mass is 370 g/mol. The predicted octanol–water partition coefficient (Wildman–Crippen LogP) is 5.16. The second kappa shape index (κ2) is 8.05. The fourth-order valence-corrected chi connectivity index (χ4v) is 3.00. The lowest BCUT2D eigenvalue weighted by atomic mass is 10.2. The van der Waals surface area contributed by atoms with Gasteiger partial charge in [-0.15, -0.1) is 0 Å². The summed E-state index contributed by atoms with van der Waals surface area (Å²) >= 11 is 7.39. The summed E-state index contributed by atoms with van der Waals surface area (Å²) in [6.07, 6.45) is 1.46. The Morgan fingerprint density at radius 3 is 2.72 bits per heavy atom. The summed E-state index contributed by atoms with van der Waals surface area (Å²) < 4.78 is 5.67. The van der Waals surface area contributed by atoms with Crippen molar-refractivity contribution < 1.29 is 9.21 Å². The van der Waals surface area contributed by atoms with Gasteiger partial charge in [0.2, 0.25) is 0 Å². The van der Waals surface area contributed by atoms with E-state index < -0.39 is 0 Å². The molecule has 0 radical (unpaired) electrons. The molecule has 0 atom stereocenters. The normalized spacial score (nSPS) is 11.0. The van der Waals surface area contributed by atoms with Crippen LogP contribution in [0, 0.1) is 6.92 Å². The maximum atomic E-state index is 11.9. The molecule has 0 unspecified atom stereocenters. The van der Waals surface area contributed by atoms with E-state index in [4.69, 9.17) is 16.0 Å². The lowest BCUT2D eigenvalue weighted by Crippen LogP contribution is -2.17. The number of benzene rings is 2. The van der Waals surface area contributed by atoms with Crippen molar-refractivity contribution in [1.82, 2.24) is 5.43 Å². The van der Waals surface area contributed by atoms with Crippen molar-refractivity contribution in [2.45, 2.75) is 16.9 Å². The highest BCUT2D eigenvalue weighted by molar-refractivity contribution is 7.99. The molecule has 3 rings (SSSR count). The van der Waals surface area contributed by atoms with Gasteiger partial charge in [-0.1, -0.05) is 47.1 Å². The third-order valence-corrected chi connectivity index (χ3v) is 4.45. The second-order valence-electron chi connectivity index (χ2n) is 5.28. The van der Waals surface area contributed by atoms with Crippen molar-refractivity contribution in [3.63, 3.8) is 0 Å². The first-order valence-electron chi connectivity index (χ1n) is 7.53. The summed E-state index contributed by atoms with van der Waals surface area (Å²) in [6.45, 7) is 2.05. The Hall–Kier alpha value is -2.50. The van der Waals surface area contributed by atoms with Gasteiger partial charge < -0.3 is 4.42 Å². The highest BCUT2D eigenvalue weighted by Gasteiger charge is 2.05. The Morgan fingerprint density at radius 2 is 1.96 bits per heavy atom. The number of nitrogens with one attached hydrogen (secondary N) is 1. The topological polar surface area (TPSA) is 54.6 Å². The van der Waals surface area contributed by atoms with Gasteiger partial charge in [-0.3, -0.25) is 4.79 Å². The zero-order valence-electron chi connectivity index (χ0n) is 13.4. The quantitative estimate of drug-likeness (QED) is 0.498. The maximum Gasteiger partial charge on any atom is 0.271 e. The SMILES string of the molecule is Cc1ccc(Sc2ccc(C=NNC(=O)c3cccc(Cl)c3)o2)cc1. The number of aryl methyl sites for hydroxylation is 1. The molecule has 0 saturated heterocycles. The number of carbonyl (C=O) groups excluding carboxylic acids is 1. The molecule has 0 aliphatic rings. The largest absolute Gasteiger partial charge is 0.448 e. The lowest BCUT2D eigenvalue weighted by molar-refractivity contribution is 0.0955. The predicted molar refractivity (Wildman–Crippen MR) is 101 cm³/mol. The van der Waals surface area contributed by atoms with E-state index in [0.29, 0.717) is 16.3 Å². The number of amides is 1. The van der Waals surface area contributed by atoms with Crippen molar-refractivity contribution in [2.75, 3.05) is 0 Å². The minimum atomic E-state index is -0.334. The van der Waals surface area contributed by atoms with Crippen LogP contribution in [0.3, 0.4) is 0 Å². The standard InChI is InChI=1S/C19H15ClN2O2S/c1-13-5-8-17(9-6-13)25-18-10-7-16(24-18)12-21-22-19(23)14-3-2-4-15(20)11-14/h2-12H,1H3,(H,22,23). The van der Waals surface area contributed by atoms with Gasteiger partial charge in [0.25, 0.3) is 5.91 Å². The maximum absolute atomic E-state index is 11.9. The molecule has 0 saturated carbocycles. The first kappa shape index (κ1) is 17.3. The summed E-state index contributed by atoms with van der Waals surface area (Å²) in [7, 11) is 0. The van der Waals surface area contributed by atoms with Crippen LogP contribution in [-0.2, 0) is 0 Å². The summed E-state index contributed by atoms with van der Waals surface area (Å²) in [5, 5.41) is 5.17. The third kappa shape index (κ3) is 4.98. The first-order chi connectivity index (χ1) is 12.1. The van der Waals surface area contributed by atoms with Gasteiger partial charge >= 0.3 is 0 Å². The third-order valence-electron chi connectivity index (χ3n) is 3.29. The molecule has 2 aromatic carbocycles. The van der Waals surface area contributed by atoms with E-state index in [1.807, 2.05) is 25.1 Å². The van der Waals surface area contributed by atoms with Crippen LogP contribution >= 0.6 is 23.4 Å². The Labute approximate surface area is 154 Å². The van der Waals surface area contributed by atoms with E-state index in [9.17, 15) is 4.79 Å². The van der Waals surface area contributed by atoms with Crippen LogP contribution in [0.1, 0.15) is 21.7 Å². The van der Waals surface area contributed by atoms with Gasteiger partial charge in [-0.2, -0.15) is 5.10 Å². The minimum Gasteiger partial charge on any atom is -0.448 e. The molecule has 0 spiro atoms. The summed E-state index contributed by atoms with van der Waals surface area (Å²) in [4.78, 5) is 13.0. The number of hydrazone groups is 1. The Kier molecular flexibility index (Phi) is 5.58. The van der Waals surface area contributed by atoms with Gasteiger partial charge in [0.15, 0.2) is 5.09 Å². The van der Waals surface area contributed by atoms with E-state index in [0.717, 1.165) is 9.99 Å². The lowest BCUT2D eigenvalue weighted by Gasteiger charge is -1.99. The average molecular weight is 371 g/mol. The van der Waals surface area contributed by atoms with E-state index in [1.54, 1.807) is 30.3 Å². The van der Waals surface area contributed by atoms with Crippen molar-refractivity contribution in [2.24, 2.45) is 5.10 Å².